The molecule has 0 saturated carbocycles. The fourth-order valence-corrected chi connectivity index (χ4v) is 5.55. The summed E-state index contributed by atoms with van der Waals surface area (Å²) >= 11 is 0. The van der Waals surface area contributed by atoms with Crippen LogP contribution in [-0.2, 0) is 16.0 Å². The lowest BCUT2D eigenvalue weighted by atomic mass is 9.97. The van der Waals surface area contributed by atoms with Crippen LogP contribution < -0.4 is 14.8 Å². The number of rotatable bonds is 9. The lowest BCUT2D eigenvalue weighted by Crippen LogP contribution is -2.36. The second-order valence-electron chi connectivity index (χ2n) is 10.3. The van der Waals surface area contributed by atoms with E-state index in [9.17, 15) is 9.59 Å². The molecule has 0 fully saturated rings. The molecule has 1 amide bonds. The largest absolute Gasteiger partial charge is 0.493 e. The Morgan fingerprint density at radius 3 is 2.62 bits per heavy atom. The van der Waals surface area contributed by atoms with E-state index in [1.165, 1.54) is 18.4 Å². The van der Waals surface area contributed by atoms with Crippen LogP contribution >= 0.6 is 0 Å². The van der Waals surface area contributed by atoms with Gasteiger partial charge in [-0.1, -0.05) is 35.9 Å². The summed E-state index contributed by atoms with van der Waals surface area (Å²) in [5.74, 6) is 0.525. The third-order valence-electron chi connectivity index (χ3n) is 7.68. The topological polar surface area (TPSA) is 86.8 Å². The van der Waals surface area contributed by atoms with Gasteiger partial charge in [-0.15, -0.1) is 0 Å². The number of amides is 1. The smallest absolute Gasteiger partial charge is 0.339 e. The van der Waals surface area contributed by atoms with Gasteiger partial charge in [-0.05, 0) is 92.8 Å². The highest BCUT2D eigenvalue weighted by Crippen LogP contribution is 2.39. The molecule has 0 saturated heterocycles. The Labute approximate surface area is 235 Å². The number of nitrogens with zero attached hydrogens (tertiary/aromatic N) is 1. The van der Waals surface area contributed by atoms with Gasteiger partial charge >= 0.3 is 5.97 Å². The number of methoxy groups -OCH3 is 2. The zero-order valence-corrected chi connectivity index (χ0v) is 23.4. The zero-order valence-electron chi connectivity index (χ0n) is 23.4. The summed E-state index contributed by atoms with van der Waals surface area (Å²) in [7, 11) is 3.22. The third-order valence-corrected chi connectivity index (χ3v) is 7.68. The number of hydrogen-bond acceptors (Lipinski definition) is 6. The molecule has 0 radical (unpaired) electrons. The molecule has 0 bridgehead atoms. The lowest BCUT2D eigenvalue weighted by molar-refractivity contribution is -0.129. The number of pyridine rings is 1. The first-order valence-corrected chi connectivity index (χ1v) is 14.0. The molecular formula is C33H36N2O5. The van der Waals surface area contributed by atoms with Crippen LogP contribution in [0.15, 0.2) is 54.1 Å². The van der Waals surface area contributed by atoms with E-state index in [4.69, 9.17) is 19.2 Å². The van der Waals surface area contributed by atoms with Gasteiger partial charge in [0.05, 0.1) is 31.0 Å². The average molecular weight is 541 g/mol. The minimum absolute atomic E-state index is 0.284. The Morgan fingerprint density at radius 2 is 1.85 bits per heavy atom. The van der Waals surface area contributed by atoms with Crippen LogP contribution in [-0.4, -0.2) is 43.7 Å². The van der Waals surface area contributed by atoms with Crippen LogP contribution in [0.4, 0.5) is 0 Å². The minimum Gasteiger partial charge on any atom is -0.493 e. The van der Waals surface area contributed by atoms with E-state index < -0.39 is 12.1 Å². The highest BCUT2D eigenvalue weighted by atomic mass is 16.5. The molecule has 2 aliphatic rings. The number of aromatic nitrogens is 1. The van der Waals surface area contributed by atoms with Crippen molar-refractivity contribution in [3.05, 3.63) is 76.5 Å². The van der Waals surface area contributed by atoms with E-state index in [0.29, 0.717) is 35.5 Å². The van der Waals surface area contributed by atoms with Crippen LogP contribution in [0.3, 0.4) is 0 Å². The Balaban J connectivity index is 1.38. The monoisotopic (exact) mass is 540 g/mol. The summed E-state index contributed by atoms with van der Waals surface area (Å²) in [4.78, 5) is 31.3. The van der Waals surface area contributed by atoms with E-state index in [0.717, 1.165) is 53.5 Å². The van der Waals surface area contributed by atoms with Crippen LogP contribution in [0.25, 0.3) is 22.6 Å². The quantitative estimate of drug-likeness (QED) is 0.254. The van der Waals surface area contributed by atoms with Gasteiger partial charge in [0, 0.05) is 11.9 Å². The maximum atomic E-state index is 13.6. The number of allylic oxidation sites excluding steroid dienone is 2. The first kappa shape index (κ1) is 27.4. The van der Waals surface area contributed by atoms with Gasteiger partial charge in [0.25, 0.3) is 5.91 Å². The number of carbonyl (C=O) groups excluding carboxylic acids is 2. The molecule has 2 aromatic carbocycles. The minimum atomic E-state index is -0.904. The van der Waals surface area contributed by atoms with Gasteiger partial charge < -0.3 is 19.5 Å². The predicted octanol–water partition coefficient (Wildman–Crippen LogP) is 6.29. The second-order valence-corrected chi connectivity index (χ2v) is 10.3. The number of hydrogen-bond donors (Lipinski definition) is 1. The molecule has 5 rings (SSSR count). The van der Waals surface area contributed by atoms with Gasteiger partial charge in [0.2, 0.25) is 0 Å². The summed E-state index contributed by atoms with van der Waals surface area (Å²) < 4.78 is 16.6. The molecule has 0 spiro atoms. The van der Waals surface area contributed by atoms with E-state index in [-0.39, 0.29) is 5.91 Å². The molecule has 1 unspecified atom stereocenters. The van der Waals surface area contributed by atoms with Crippen LogP contribution in [0.1, 0.15) is 72.6 Å². The number of benzene rings is 2. The van der Waals surface area contributed by atoms with E-state index in [2.05, 4.69) is 17.5 Å². The predicted molar refractivity (Wildman–Crippen MR) is 157 cm³/mol. The molecule has 1 aromatic heterocycles. The van der Waals surface area contributed by atoms with Gasteiger partial charge in [0.1, 0.15) is 0 Å². The van der Waals surface area contributed by atoms with Gasteiger partial charge in [-0.3, -0.25) is 4.79 Å². The number of ether oxygens (including phenoxy) is 3. The molecule has 1 heterocycles. The van der Waals surface area contributed by atoms with Crippen molar-refractivity contribution in [3.8, 4) is 11.5 Å². The Bertz CT molecular complexity index is 1490. The van der Waals surface area contributed by atoms with Crippen molar-refractivity contribution in [2.24, 2.45) is 0 Å². The molecule has 208 valence electrons. The molecule has 0 aliphatic heterocycles. The number of carbonyl (C=O) groups is 2. The van der Waals surface area contributed by atoms with E-state index in [1.54, 1.807) is 21.1 Å². The Hall–Kier alpha value is -4.13. The van der Waals surface area contributed by atoms with Crippen LogP contribution in [0.5, 0.6) is 11.5 Å². The van der Waals surface area contributed by atoms with Crippen LogP contribution in [0, 0.1) is 0 Å². The Kier molecular flexibility index (Phi) is 8.48. The average Bonchev–Trinajstić information content (AvgIpc) is 3.37. The van der Waals surface area contributed by atoms with Crippen molar-refractivity contribution >= 4 is 34.4 Å². The fourth-order valence-electron chi connectivity index (χ4n) is 5.55. The zero-order chi connectivity index (χ0) is 28.1. The van der Waals surface area contributed by atoms with E-state index in [1.807, 2.05) is 42.5 Å². The fraction of sp³-hybridized carbons (Fsp3) is 0.364. The molecule has 40 heavy (non-hydrogen) atoms. The molecule has 2 aliphatic carbocycles. The van der Waals surface area contributed by atoms with Crippen molar-refractivity contribution in [1.82, 2.24) is 10.3 Å². The molecule has 7 heteroatoms. The summed E-state index contributed by atoms with van der Waals surface area (Å²) in [5.41, 5.74) is 6.23. The van der Waals surface area contributed by atoms with Crippen molar-refractivity contribution < 1.29 is 23.8 Å². The first-order valence-electron chi connectivity index (χ1n) is 14.0. The van der Waals surface area contributed by atoms with Crippen molar-refractivity contribution in [2.45, 2.75) is 58.0 Å². The second kappa shape index (κ2) is 12.4. The first-order chi connectivity index (χ1) is 19.5. The lowest BCUT2D eigenvalue weighted by Gasteiger charge is -2.17. The van der Waals surface area contributed by atoms with Gasteiger partial charge in [0.15, 0.2) is 17.6 Å². The van der Waals surface area contributed by atoms with Gasteiger partial charge in [-0.2, -0.15) is 0 Å². The molecule has 7 nitrogen and oxygen atoms in total. The van der Waals surface area contributed by atoms with E-state index >= 15 is 0 Å². The highest BCUT2D eigenvalue weighted by molar-refractivity contribution is 6.07. The number of para-hydroxylation sites is 1. The summed E-state index contributed by atoms with van der Waals surface area (Å²) in [6, 6.07) is 13.3. The number of fused-ring (bicyclic) bond motifs is 2. The summed E-state index contributed by atoms with van der Waals surface area (Å²) in [5, 5.41) is 3.66. The maximum absolute atomic E-state index is 13.6. The molecular weight excluding hydrogens is 504 g/mol. The normalized spacial score (nSPS) is 16.3. The molecule has 1 atom stereocenters. The number of esters is 1. The van der Waals surface area contributed by atoms with Gasteiger partial charge in [-0.25, -0.2) is 9.78 Å². The summed E-state index contributed by atoms with van der Waals surface area (Å²) in [6.07, 6.45) is 10.3. The highest BCUT2D eigenvalue weighted by Gasteiger charge is 2.29. The van der Waals surface area contributed by atoms with Crippen molar-refractivity contribution in [2.75, 3.05) is 20.8 Å². The SMILES string of the molecule is COc1ccc(C=C2CCc3c2nc2ccccc2c3C(=O)OC(C)C(=O)NCCC2=CCCCC2)cc1OC. The number of nitrogens with one attached hydrogen (secondary N) is 1. The van der Waals surface area contributed by atoms with Crippen molar-refractivity contribution in [3.63, 3.8) is 0 Å². The molecule has 1 N–H and O–H groups in total. The third kappa shape index (κ3) is 5.88. The Morgan fingerprint density at radius 1 is 1.02 bits per heavy atom. The standard InChI is InChI=1S/C33H36N2O5/c1-21(32(36)34-18-17-22-9-5-4-6-10-22)40-33(37)30-25-11-7-8-12-27(25)35-31-24(14-15-26(30)31)19-23-13-16-28(38-2)29(20-23)39-3/h7-9,11-13,16,19-21H,4-6,10,14-15,17-18H2,1-3H3,(H,34,36). The maximum Gasteiger partial charge on any atom is 0.339 e. The van der Waals surface area contributed by atoms with Crippen molar-refractivity contribution in [1.29, 1.82) is 0 Å². The van der Waals surface area contributed by atoms with Crippen LogP contribution in [0.2, 0.25) is 0 Å². The summed E-state index contributed by atoms with van der Waals surface area (Å²) in [6.45, 7) is 2.17. The molecule has 3 aromatic rings.